The molecular formula is C13H16ClN3O4. The fraction of sp³-hybridized carbons (Fsp3) is 0.462. The minimum absolute atomic E-state index is 0. The zero-order chi connectivity index (χ0) is 14.7. The second-order valence-electron chi connectivity index (χ2n) is 4.78. The molecule has 0 radical (unpaired) electrons. The molecule has 1 aromatic rings. The van der Waals surface area contributed by atoms with Crippen molar-refractivity contribution in [1.82, 2.24) is 0 Å². The topological polar surface area (TPSA) is 122 Å². The third-order valence-electron chi connectivity index (χ3n) is 3.58. The summed E-state index contributed by atoms with van der Waals surface area (Å²) in [5, 5.41) is 29.9. The Morgan fingerprint density at radius 2 is 2.10 bits per heavy atom. The Hall–Kier alpha value is -1.88. The minimum atomic E-state index is -0.712. The van der Waals surface area contributed by atoms with Gasteiger partial charge in [-0.15, -0.1) is 12.4 Å². The van der Waals surface area contributed by atoms with Gasteiger partial charge < -0.3 is 15.6 Å². The van der Waals surface area contributed by atoms with Crippen LogP contribution in [-0.2, 0) is 4.74 Å². The first-order chi connectivity index (χ1) is 9.54. The molecule has 0 amide bonds. The number of phenolic OH excluding ortho intramolecular Hbond substituents is 1. The summed E-state index contributed by atoms with van der Waals surface area (Å²) < 4.78 is 5.24. The highest BCUT2D eigenvalue weighted by Gasteiger charge is 2.28. The average molecular weight is 314 g/mol. The number of benzene rings is 1. The number of halogens is 1. The van der Waals surface area contributed by atoms with Crippen LogP contribution in [0.15, 0.2) is 12.1 Å². The Morgan fingerprint density at radius 3 is 2.62 bits per heavy atom. The van der Waals surface area contributed by atoms with Gasteiger partial charge in [-0.3, -0.25) is 10.1 Å². The highest BCUT2D eigenvalue weighted by Crippen LogP contribution is 2.38. The number of phenols is 1. The Balaban J connectivity index is 0.00000220. The predicted octanol–water partition coefficient (Wildman–Crippen LogP) is 2.02. The zero-order valence-electron chi connectivity index (χ0n) is 11.2. The molecule has 0 aromatic heterocycles. The lowest BCUT2D eigenvalue weighted by atomic mass is 9.86. The highest BCUT2D eigenvalue weighted by atomic mass is 35.5. The summed E-state index contributed by atoms with van der Waals surface area (Å²) in [6.45, 7) is 1.17. The molecule has 8 heteroatoms. The third-order valence-corrected chi connectivity index (χ3v) is 3.58. The molecule has 1 aromatic carbocycles. The van der Waals surface area contributed by atoms with Crippen molar-refractivity contribution < 1.29 is 14.8 Å². The first kappa shape index (κ1) is 17.2. The summed E-state index contributed by atoms with van der Waals surface area (Å²) in [6.07, 6.45) is 1.45. The van der Waals surface area contributed by atoms with Crippen LogP contribution in [0.4, 0.5) is 5.69 Å². The van der Waals surface area contributed by atoms with Crippen LogP contribution >= 0.6 is 12.4 Å². The highest BCUT2D eigenvalue weighted by molar-refractivity contribution is 5.85. The molecule has 21 heavy (non-hydrogen) atoms. The van der Waals surface area contributed by atoms with E-state index in [-0.39, 0.29) is 29.5 Å². The number of nitrogens with two attached hydrogens (primary N) is 1. The van der Waals surface area contributed by atoms with E-state index in [0.29, 0.717) is 13.2 Å². The van der Waals surface area contributed by atoms with Crippen LogP contribution in [0.5, 0.6) is 5.75 Å². The van der Waals surface area contributed by atoms with Gasteiger partial charge in [-0.1, -0.05) is 0 Å². The van der Waals surface area contributed by atoms with Crippen LogP contribution < -0.4 is 5.73 Å². The molecule has 0 bridgehead atoms. The van der Waals surface area contributed by atoms with Crippen molar-refractivity contribution in [1.29, 1.82) is 5.26 Å². The number of nitriles is 1. The first-order valence-electron chi connectivity index (χ1n) is 6.29. The maximum atomic E-state index is 10.9. The van der Waals surface area contributed by atoms with Gasteiger partial charge in [0.15, 0.2) is 5.75 Å². The molecule has 0 unspecified atom stereocenters. The fourth-order valence-electron chi connectivity index (χ4n) is 2.43. The number of aromatic hydroxyl groups is 1. The molecule has 2 rings (SSSR count). The van der Waals surface area contributed by atoms with Gasteiger partial charge in [0, 0.05) is 30.9 Å². The summed E-state index contributed by atoms with van der Waals surface area (Å²) in [5.41, 5.74) is 6.00. The number of hydrogen-bond donors (Lipinski definition) is 2. The van der Waals surface area contributed by atoms with E-state index < -0.39 is 22.4 Å². The lowest BCUT2D eigenvalue weighted by Crippen LogP contribution is -2.27. The Morgan fingerprint density at radius 1 is 1.48 bits per heavy atom. The molecule has 1 atom stereocenters. The maximum Gasteiger partial charge on any atom is 0.312 e. The molecular weight excluding hydrogens is 298 g/mol. The summed E-state index contributed by atoms with van der Waals surface area (Å²) >= 11 is 0. The predicted molar refractivity (Wildman–Crippen MR) is 77.2 cm³/mol. The van der Waals surface area contributed by atoms with E-state index in [0.717, 1.165) is 18.9 Å². The monoisotopic (exact) mass is 313 g/mol. The van der Waals surface area contributed by atoms with E-state index in [1.807, 2.05) is 6.07 Å². The van der Waals surface area contributed by atoms with Gasteiger partial charge in [-0.05, 0) is 24.8 Å². The first-order valence-corrected chi connectivity index (χ1v) is 6.29. The smallest absolute Gasteiger partial charge is 0.312 e. The van der Waals surface area contributed by atoms with E-state index in [2.05, 4.69) is 0 Å². The number of nitro groups is 1. The molecule has 7 nitrogen and oxygen atoms in total. The van der Waals surface area contributed by atoms with Crippen LogP contribution in [0, 0.1) is 27.4 Å². The number of hydrogen-bond acceptors (Lipinski definition) is 6. The van der Waals surface area contributed by atoms with Gasteiger partial charge >= 0.3 is 5.69 Å². The van der Waals surface area contributed by atoms with E-state index in [1.54, 1.807) is 0 Å². The van der Waals surface area contributed by atoms with Gasteiger partial charge in [0.2, 0.25) is 0 Å². The zero-order valence-corrected chi connectivity index (χ0v) is 12.0. The van der Waals surface area contributed by atoms with Crippen molar-refractivity contribution in [3.63, 3.8) is 0 Å². The van der Waals surface area contributed by atoms with Crippen LogP contribution in [0.3, 0.4) is 0 Å². The van der Waals surface area contributed by atoms with Crippen molar-refractivity contribution in [2.24, 2.45) is 11.7 Å². The average Bonchev–Trinajstić information content (AvgIpc) is 2.47. The molecule has 114 valence electrons. The van der Waals surface area contributed by atoms with Crippen LogP contribution in [-0.4, -0.2) is 23.2 Å². The summed E-state index contributed by atoms with van der Waals surface area (Å²) in [7, 11) is 0. The Kier molecular flexibility index (Phi) is 5.90. The van der Waals surface area contributed by atoms with E-state index in [1.165, 1.54) is 6.07 Å². The third kappa shape index (κ3) is 3.61. The molecule has 1 saturated heterocycles. The Bertz CT molecular complexity index is 567. The van der Waals surface area contributed by atoms with E-state index >= 15 is 0 Å². The molecule has 3 N–H and O–H groups in total. The Labute approximate surface area is 127 Å². The standard InChI is InChI=1S/C13H15N3O4.ClH/c14-7-8-5-10(13(17)11(6-8)16(18)19)12(15)9-1-3-20-4-2-9;/h5-6,9,12,17H,1-4,15H2;1H/t12-;/m0./s1. The number of rotatable bonds is 3. The lowest BCUT2D eigenvalue weighted by Gasteiger charge is -2.28. The second-order valence-corrected chi connectivity index (χ2v) is 4.78. The van der Waals surface area contributed by atoms with Gasteiger partial charge in [-0.25, -0.2) is 0 Å². The normalized spacial score (nSPS) is 16.6. The van der Waals surface area contributed by atoms with Crippen molar-refractivity contribution in [2.45, 2.75) is 18.9 Å². The number of ether oxygens (including phenoxy) is 1. The molecule has 0 spiro atoms. The van der Waals surface area contributed by atoms with Gasteiger partial charge in [0.25, 0.3) is 0 Å². The van der Waals surface area contributed by atoms with Crippen molar-refractivity contribution in [3.8, 4) is 11.8 Å². The summed E-state index contributed by atoms with van der Waals surface area (Å²) in [6, 6.07) is 3.77. The summed E-state index contributed by atoms with van der Waals surface area (Å²) in [5.74, 6) is -0.379. The SMILES string of the molecule is Cl.N#Cc1cc([C@@H](N)C2CCOCC2)c(O)c([N+](=O)[O-])c1. The lowest BCUT2D eigenvalue weighted by molar-refractivity contribution is -0.386. The maximum absolute atomic E-state index is 10.9. The van der Waals surface area contributed by atoms with Crippen LogP contribution in [0.25, 0.3) is 0 Å². The number of nitro benzene ring substituents is 1. The van der Waals surface area contributed by atoms with E-state index in [4.69, 9.17) is 15.7 Å². The minimum Gasteiger partial charge on any atom is -0.502 e. The van der Waals surface area contributed by atoms with Crippen molar-refractivity contribution in [3.05, 3.63) is 33.4 Å². The molecule has 1 heterocycles. The van der Waals surface area contributed by atoms with Crippen molar-refractivity contribution >= 4 is 18.1 Å². The van der Waals surface area contributed by atoms with Gasteiger partial charge in [0.05, 0.1) is 16.6 Å². The van der Waals surface area contributed by atoms with Crippen molar-refractivity contribution in [2.75, 3.05) is 13.2 Å². The van der Waals surface area contributed by atoms with Gasteiger partial charge in [-0.2, -0.15) is 5.26 Å². The van der Waals surface area contributed by atoms with E-state index in [9.17, 15) is 15.2 Å². The van der Waals surface area contributed by atoms with Crippen LogP contribution in [0.2, 0.25) is 0 Å². The molecule has 0 saturated carbocycles. The molecule has 1 aliphatic rings. The summed E-state index contributed by atoms with van der Waals surface area (Å²) in [4.78, 5) is 10.2. The largest absolute Gasteiger partial charge is 0.502 e. The van der Waals surface area contributed by atoms with Gasteiger partial charge in [0.1, 0.15) is 0 Å². The molecule has 1 fully saturated rings. The second kappa shape index (κ2) is 7.22. The molecule has 1 aliphatic heterocycles. The quantitative estimate of drug-likeness (QED) is 0.650. The van der Waals surface area contributed by atoms with Crippen LogP contribution in [0.1, 0.15) is 30.0 Å². The fourth-order valence-corrected chi connectivity index (χ4v) is 2.43. The molecule has 0 aliphatic carbocycles. The number of nitrogens with zero attached hydrogens (tertiary/aromatic N) is 2.